The Kier molecular flexibility index (Phi) is 7.12. The van der Waals surface area contributed by atoms with Crippen LogP contribution in [0.5, 0.6) is 0 Å². The highest BCUT2D eigenvalue weighted by atomic mass is 32.2. The third kappa shape index (κ3) is 5.00. The molecule has 3 aliphatic rings. The van der Waals surface area contributed by atoms with Crippen LogP contribution in [0.4, 0.5) is 0 Å². The second kappa shape index (κ2) is 9.76. The number of hydrogen-bond donors (Lipinski definition) is 0. The van der Waals surface area contributed by atoms with Crippen molar-refractivity contribution < 1.29 is 0 Å². The van der Waals surface area contributed by atoms with Gasteiger partial charge < -0.3 is 0 Å². The van der Waals surface area contributed by atoms with E-state index in [0.29, 0.717) is 10.5 Å². The molecule has 0 aliphatic heterocycles. The van der Waals surface area contributed by atoms with Gasteiger partial charge in [0.15, 0.2) is 0 Å². The Morgan fingerprint density at radius 3 is 1.36 bits per heavy atom. The van der Waals surface area contributed by atoms with E-state index in [-0.39, 0.29) is 0 Å². The van der Waals surface area contributed by atoms with E-state index in [9.17, 15) is 0 Å². The average Bonchev–Trinajstić information content (AvgIpc) is 2.70. The molecule has 0 N–H and O–H groups in total. The first kappa shape index (κ1) is 20.4. The lowest BCUT2D eigenvalue weighted by Gasteiger charge is -2.24. The first-order valence-corrected chi connectivity index (χ1v) is 13.6. The number of fused-ring (bicyclic) bond motifs is 9. The molecular formula is C26H34S2. The van der Waals surface area contributed by atoms with Crippen LogP contribution in [0.1, 0.15) is 82.4 Å². The Bertz CT molecular complexity index is 728. The van der Waals surface area contributed by atoms with Gasteiger partial charge in [-0.25, -0.2) is 0 Å². The van der Waals surface area contributed by atoms with E-state index < -0.39 is 0 Å². The smallest absolute Gasteiger partial charge is 0.0335 e. The summed E-state index contributed by atoms with van der Waals surface area (Å²) < 4.78 is 0. The minimum Gasteiger partial charge on any atom is -0.157 e. The van der Waals surface area contributed by atoms with Gasteiger partial charge in [0.1, 0.15) is 0 Å². The highest BCUT2D eigenvalue weighted by Crippen LogP contribution is 2.38. The van der Waals surface area contributed by atoms with E-state index in [4.69, 9.17) is 0 Å². The zero-order valence-corrected chi connectivity index (χ0v) is 19.1. The second-order valence-electron chi connectivity index (χ2n) is 8.64. The summed E-state index contributed by atoms with van der Waals surface area (Å²) in [6.45, 7) is 0. The normalized spacial score (nSPS) is 22.9. The molecule has 150 valence electrons. The highest BCUT2D eigenvalue weighted by Gasteiger charge is 2.20. The number of rotatable bonds is 2. The van der Waals surface area contributed by atoms with Crippen molar-refractivity contribution in [1.29, 1.82) is 0 Å². The average molecular weight is 411 g/mol. The Balaban J connectivity index is 1.81. The summed E-state index contributed by atoms with van der Waals surface area (Å²) in [6, 6.07) is 15.1. The van der Waals surface area contributed by atoms with Crippen LogP contribution in [0.3, 0.4) is 0 Å². The van der Waals surface area contributed by atoms with Crippen LogP contribution in [0.25, 0.3) is 0 Å². The van der Waals surface area contributed by atoms with E-state index in [2.05, 4.69) is 48.9 Å². The van der Waals surface area contributed by atoms with Crippen molar-refractivity contribution >= 4 is 23.5 Å². The monoisotopic (exact) mass is 410 g/mol. The van der Waals surface area contributed by atoms with Crippen LogP contribution in [0.15, 0.2) is 36.4 Å². The first-order chi connectivity index (χ1) is 13.7. The molecule has 28 heavy (non-hydrogen) atoms. The Morgan fingerprint density at radius 2 is 0.929 bits per heavy atom. The zero-order valence-electron chi connectivity index (χ0n) is 17.5. The van der Waals surface area contributed by atoms with Gasteiger partial charge in [0.25, 0.3) is 0 Å². The summed E-state index contributed by atoms with van der Waals surface area (Å²) in [4.78, 5) is 0. The van der Waals surface area contributed by atoms with E-state index in [1.165, 1.54) is 51.4 Å². The number of aryl methyl sites for hydroxylation is 2. The second-order valence-corrected chi connectivity index (χ2v) is 10.7. The maximum atomic E-state index is 2.52. The van der Waals surface area contributed by atoms with Crippen molar-refractivity contribution in [2.45, 2.75) is 74.7 Å². The first-order valence-electron chi connectivity index (χ1n) is 11.1. The molecule has 2 aromatic carbocycles. The predicted molar refractivity (Wildman–Crippen MR) is 128 cm³/mol. The number of thioether (sulfide) groups is 2. The molecule has 2 aromatic rings. The molecule has 0 aromatic heterocycles. The number of benzene rings is 2. The van der Waals surface area contributed by atoms with Crippen molar-refractivity contribution in [3.8, 4) is 0 Å². The molecule has 0 saturated heterocycles. The molecule has 2 atom stereocenters. The summed E-state index contributed by atoms with van der Waals surface area (Å²) >= 11 is 4.05. The Labute approximate surface area is 180 Å². The van der Waals surface area contributed by atoms with Crippen molar-refractivity contribution in [3.63, 3.8) is 0 Å². The molecule has 0 amide bonds. The van der Waals surface area contributed by atoms with Crippen LogP contribution >= 0.6 is 23.5 Å². The van der Waals surface area contributed by atoms with Gasteiger partial charge >= 0.3 is 0 Å². The molecule has 0 fully saturated rings. The maximum absolute atomic E-state index is 2.52. The third-order valence-electron chi connectivity index (χ3n) is 6.49. The zero-order chi connectivity index (χ0) is 19.3. The predicted octanol–water partition coefficient (Wildman–Crippen LogP) is 7.73. The van der Waals surface area contributed by atoms with E-state index >= 15 is 0 Å². The summed E-state index contributed by atoms with van der Waals surface area (Å²) in [5.74, 6) is 0. The van der Waals surface area contributed by atoms with Gasteiger partial charge in [0, 0.05) is 10.5 Å². The van der Waals surface area contributed by atoms with Crippen LogP contribution in [0.2, 0.25) is 0 Å². The van der Waals surface area contributed by atoms with Gasteiger partial charge in [-0.3, -0.25) is 0 Å². The Morgan fingerprint density at radius 1 is 0.536 bits per heavy atom. The van der Waals surface area contributed by atoms with Gasteiger partial charge in [0.2, 0.25) is 0 Å². The molecule has 6 bridgehead atoms. The lowest BCUT2D eigenvalue weighted by Crippen LogP contribution is -2.08. The van der Waals surface area contributed by atoms with Gasteiger partial charge in [-0.05, 0) is 84.4 Å². The minimum atomic E-state index is 0.570. The van der Waals surface area contributed by atoms with Crippen molar-refractivity contribution in [3.05, 3.63) is 69.8 Å². The fourth-order valence-electron chi connectivity index (χ4n) is 4.95. The van der Waals surface area contributed by atoms with Crippen molar-refractivity contribution in [2.75, 3.05) is 12.5 Å². The summed E-state index contributed by atoms with van der Waals surface area (Å²) in [6.07, 6.45) is 17.7. The minimum absolute atomic E-state index is 0.570. The maximum Gasteiger partial charge on any atom is 0.0335 e. The molecular weight excluding hydrogens is 376 g/mol. The molecule has 2 heteroatoms. The molecule has 0 spiro atoms. The van der Waals surface area contributed by atoms with Crippen LogP contribution < -0.4 is 0 Å². The lowest BCUT2D eigenvalue weighted by atomic mass is 9.89. The summed E-state index contributed by atoms with van der Waals surface area (Å²) in [5, 5.41) is 1.14. The molecule has 0 radical (unpaired) electrons. The lowest BCUT2D eigenvalue weighted by molar-refractivity contribution is 0.593. The Hall–Kier alpha value is -0.860. The van der Waals surface area contributed by atoms with Crippen molar-refractivity contribution in [1.82, 2.24) is 0 Å². The third-order valence-corrected chi connectivity index (χ3v) is 8.50. The van der Waals surface area contributed by atoms with E-state index in [1.807, 2.05) is 23.5 Å². The van der Waals surface area contributed by atoms with Crippen LogP contribution in [-0.2, 0) is 25.7 Å². The standard InChI is InChI=1S/C26H34S2/c1-27-25-17-21-11-20-10-8-6-4-3-5-7-9-19-12-22(15-23(25)13-19)18-26(28-2)24(14-20)16-21/h11-16,25-26H,3-10,17-18H2,1-2H3. The van der Waals surface area contributed by atoms with E-state index in [1.54, 1.807) is 33.4 Å². The fraction of sp³-hybridized carbons (Fsp3) is 0.538. The molecule has 0 heterocycles. The van der Waals surface area contributed by atoms with Crippen LogP contribution in [-0.4, -0.2) is 12.5 Å². The molecule has 3 aliphatic carbocycles. The quantitative estimate of drug-likeness (QED) is 0.496. The topological polar surface area (TPSA) is 0 Å². The molecule has 2 unspecified atom stereocenters. The number of hydrogen-bond acceptors (Lipinski definition) is 2. The summed E-state index contributed by atoms with van der Waals surface area (Å²) in [7, 11) is 0. The van der Waals surface area contributed by atoms with Gasteiger partial charge in [-0.2, -0.15) is 23.5 Å². The molecule has 0 nitrogen and oxygen atoms in total. The molecule has 5 rings (SSSR count). The van der Waals surface area contributed by atoms with Gasteiger partial charge in [-0.15, -0.1) is 0 Å². The van der Waals surface area contributed by atoms with Crippen LogP contribution in [0, 0.1) is 0 Å². The largest absolute Gasteiger partial charge is 0.157 e. The fourth-order valence-corrected chi connectivity index (χ4v) is 6.48. The van der Waals surface area contributed by atoms with Gasteiger partial charge in [0.05, 0.1) is 0 Å². The van der Waals surface area contributed by atoms with E-state index in [0.717, 1.165) is 12.8 Å². The SMILES string of the molecule is CSC1Cc2cc3cc(c2)C(SC)Cc2cc(cc1c2)CCCCCCCC3. The van der Waals surface area contributed by atoms with Gasteiger partial charge in [-0.1, -0.05) is 62.1 Å². The summed E-state index contributed by atoms with van der Waals surface area (Å²) in [5.41, 5.74) is 9.35. The highest BCUT2D eigenvalue weighted by molar-refractivity contribution is 7.99. The molecule has 0 saturated carbocycles. The van der Waals surface area contributed by atoms with Crippen molar-refractivity contribution in [2.24, 2.45) is 0 Å².